The number of hydrogen-bond donors (Lipinski definition) is 3. The third-order valence-electron chi connectivity index (χ3n) is 2.32. The van der Waals surface area contributed by atoms with Crippen LogP contribution in [0.3, 0.4) is 0 Å². The van der Waals surface area contributed by atoms with Crippen molar-refractivity contribution in [2.24, 2.45) is 0 Å². The van der Waals surface area contributed by atoms with Crippen molar-refractivity contribution in [2.75, 3.05) is 5.32 Å². The highest BCUT2D eigenvalue weighted by Crippen LogP contribution is 2.09. The van der Waals surface area contributed by atoms with Crippen molar-refractivity contribution >= 4 is 23.7 Å². The first-order valence-corrected chi connectivity index (χ1v) is 6.59. The zero-order valence-corrected chi connectivity index (χ0v) is 12.6. The second kappa shape index (κ2) is 7.39. The van der Waals surface area contributed by atoms with E-state index in [1.54, 1.807) is 32.9 Å². The third-order valence-corrected chi connectivity index (χ3v) is 2.32. The lowest BCUT2D eigenvalue weighted by atomic mass is 10.2. The molecule has 0 aromatic carbocycles. The van der Waals surface area contributed by atoms with Gasteiger partial charge in [0.2, 0.25) is 5.91 Å². The third kappa shape index (κ3) is 6.69. The van der Waals surface area contributed by atoms with Crippen LogP contribution in [0, 0.1) is 0 Å². The zero-order chi connectivity index (χ0) is 16.8. The summed E-state index contributed by atoms with van der Waals surface area (Å²) in [5, 5.41) is 13.6. The minimum Gasteiger partial charge on any atom is -0.481 e. The van der Waals surface area contributed by atoms with Gasteiger partial charge in [-0.3, -0.25) is 14.6 Å². The summed E-state index contributed by atoms with van der Waals surface area (Å²) in [5.74, 6) is -1.89. The Morgan fingerprint density at radius 2 is 2.05 bits per heavy atom. The summed E-state index contributed by atoms with van der Waals surface area (Å²) < 4.78 is 5.01. The minimum absolute atomic E-state index is 0.397. The average Bonchev–Trinajstić information content (AvgIpc) is 2.36. The van der Waals surface area contributed by atoms with Gasteiger partial charge in [0.15, 0.2) is 0 Å². The van der Waals surface area contributed by atoms with Crippen molar-refractivity contribution in [1.82, 2.24) is 10.3 Å². The molecule has 22 heavy (non-hydrogen) atoms. The van der Waals surface area contributed by atoms with E-state index in [4.69, 9.17) is 9.84 Å². The zero-order valence-electron chi connectivity index (χ0n) is 12.6. The molecule has 0 aliphatic rings. The molecule has 1 aromatic rings. The molecule has 0 bridgehead atoms. The fourth-order valence-electron chi connectivity index (χ4n) is 1.50. The second-order valence-corrected chi connectivity index (χ2v) is 5.53. The van der Waals surface area contributed by atoms with Crippen LogP contribution in [-0.2, 0) is 14.3 Å². The van der Waals surface area contributed by atoms with E-state index in [1.807, 2.05) is 0 Å². The molecule has 0 spiro atoms. The summed E-state index contributed by atoms with van der Waals surface area (Å²) >= 11 is 0. The van der Waals surface area contributed by atoms with Gasteiger partial charge in [0.05, 0.1) is 18.3 Å². The summed E-state index contributed by atoms with van der Waals surface area (Å²) in [4.78, 5) is 38.4. The van der Waals surface area contributed by atoms with Crippen molar-refractivity contribution < 1.29 is 24.2 Å². The van der Waals surface area contributed by atoms with Crippen LogP contribution in [0.2, 0.25) is 0 Å². The highest BCUT2D eigenvalue weighted by atomic mass is 16.6. The van der Waals surface area contributed by atoms with Crippen molar-refractivity contribution in [2.45, 2.75) is 38.8 Å². The molecule has 0 fully saturated rings. The number of carboxylic acid groups (broad SMARTS) is 1. The van der Waals surface area contributed by atoms with Crippen molar-refractivity contribution in [3.8, 4) is 0 Å². The van der Waals surface area contributed by atoms with Gasteiger partial charge in [-0.2, -0.15) is 0 Å². The lowest BCUT2D eigenvalue weighted by molar-refractivity contribution is -0.139. The average molecular weight is 309 g/mol. The van der Waals surface area contributed by atoms with Crippen LogP contribution in [0.5, 0.6) is 0 Å². The van der Waals surface area contributed by atoms with Crippen molar-refractivity contribution in [1.29, 1.82) is 0 Å². The van der Waals surface area contributed by atoms with E-state index in [0.29, 0.717) is 5.69 Å². The van der Waals surface area contributed by atoms with Gasteiger partial charge >= 0.3 is 12.1 Å². The smallest absolute Gasteiger partial charge is 0.408 e. The number of alkyl carbamates (subject to hydrolysis) is 1. The van der Waals surface area contributed by atoms with Crippen LogP contribution >= 0.6 is 0 Å². The molecule has 0 aliphatic heterocycles. The predicted molar refractivity (Wildman–Crippen MR) is 78.3 cm³/mol. The Labute approximate surface area is 127 Å². The first-order chi connectivity index (χ1) is 10.2. The summed E-state index contributed by atoms with van der Waals surface area (Å²) in [6.07, 6.45) is 1.51. The largest absolute Gasteiger partial charge is 0.481 e. The maximum Gasteiger partial charge on any atom is 0.408 e. The SMILES string of the molecule is CC(C)(C)OC(=O)NC(CC(=O)O)C(=O)Nc1cccnc1. The molecule has 3 N–H and O–H groups in total. The van der Waals surface area contributed by atoms with E-state index in [2.05, 4.69) is 15.6 Å². The van der Waals surface area contributed by atoms with Crippen LogP contribution < -0.4 is 10.6 Å². The fraction of sp³-hybridized carbons (Fsp3) is 0.429. The lowest BCUT2D eigenvalue weighted by Gasteiger charge is -2.22. The molecule has 0 saturated heterocycles. The molecule has 8 nitrogen and oxygen atoms in total. The maximum absolute atomic E-state index is 12.1. The van der Waals surface area contributed by atoms with Gasteiger partial charge in [0.1, 0.15) is 11.6 Å². The molecule has 1 unspecified atom stereocenters. The number of anilines is 1. The summed E-state index contributed by atoms with van der Waals surface area (Å²) in [6, 6.07) is 1.95. The van der Waals surface area contributed by atoms with Crippen molar-refractivity contribution in [3.05, 3.63) is 24.5 Å². The molecule has 8 heteroatoms. The standard InChI is InChI=1S/C14H19N3O5/c1-14(2,3)22-13(21)17-10(7-11(18)19)12(20)16-9-5-4-6-15-8-9/h4-6,8,10H,7H2,1-3H3,(H,16,20)(H,17,21)(H,18,19). The van der Waals surface area contributed by atoms with E-state index < -0.39 is 36.0 Å². The predicted octanol–water partition coefficient (Wildman–Crippen LogP) is 1.39. The Hall–Kier alpha value is -2.64. The van der Waals surface area contributed by atoms with Gasteiger partial charge in [-0.25, -0.2) is 4.79 Å². The molecule has 0 saturated carbocycles. The topological polar surface area (TPSA) is 118 Å². The van der Waals surface area contributed by atoms with Gasteiger partial charge in [-0.15, -0.1) is 0 Å². The molecular weight excluding hydrogens is 290 g/mol. The number of amides is 2. The normalized spacial score (nSPS) is 12.1. The molecule has 1 rings (SSSR count). The highest BCUT2D eigenvalue weighted by molar-refractivity contribution is 5.98. The van der Waals surface area contributed by atoms with Gasteiger partial charge < -0.3 is 20.5 Å². The molecule has 2 amide bonds. The van der Waals surface area contributed by atoms with E-state index in [9.17, 15) is 14.4 Å². The number of pyridine rings is 1. The van der Waals surface area contributed by atoms with Crippen LogP contribution in [-0.4, -0.2) is 39.7 Å². The van der Waals surface area contributed by atoms with Gasteiger partial charge in [-0.05, 0) is 32.9 Å². The lowest BCUT2D eigenvalue weighted by Crippen LogP contribution is -2.46. The van der Waals surface area contributed by atoms with E-state index in [-0.39, 0.29) is 0 Å². The summed E-state index contributed by atoms with van der Waals surface area (Å²) in [6.45, 7) is 4.98. The van der Waals surface area contributed by atoms with Crippen LogP contribution in [0.1, 0.15) is 27.2 Å². The molecule has 1 heterocycles. The number of nitrogens with one attached hydrogen (secondary N) is 2. The summed E-state index contributed by atoms with van der Waals surface area (Å²) in [5.41, 5.74) is -0.355. The highest BCUT2D eigenvalue weighted by Gasteiger charge is 2.26. The number of carboxylic acids is 1. The Morgan fingerprint density at radius 3 is 2.55 bits per heavy atom. The second-order valence-electron chi connectivity index (χ2n) is 5.53. The summed E-state index contributed by atoms with van der Waals surface area (Å²) in [7, 11) is 0. The van der Waals surface area contributed by atoms with E-state index >= 15 is 0 Å². The van der Waals surface area contributed by atoms with Crippen LogP contribution in [0.25, 0.3) is 0 Å². The molecule has 1 atom stereocenters. The van der Waals surface area contributed by atoms with Crippen LogP contribution in [0.4, 0.5) is 10.5 Å². The Bertz CT molecular complexity index is 539. The number of hydrogen-bond acceptors (Lipinski definition) is 5. The van der Waals surface area contributed by atoms with Crippen molar-refractivity contribution in [3.63, 3.8) is 0 Å². The number of aliphatic carboxylic acids is 1. The molecule has 0 radical (unpaired) electrons. The minimum atomic E-state index is -1.26. The van der Waals surface area contributed by atoms with Gasteiger partial charge in [0.25, 0.3) is 0 Å². The number of carbonyl (C=O) groups is 3. The molecule has 1 aromatic heterocycles. The number of nitrogens with zero attached hydrogens (tertiary/aromatic N) is 1. The molecular formula is C14H19N3O5. The fourth-order valence-corrected chi connectivity index (χ4v) is 1.50. The Balaban J connectivity index is 2.73. The molecule has 0 aliphatic carbocycles. The van der Waals surface area contributed by atoms with Gasteiger partial charge in [-0.1, -0.05) is 0 Å². The quantitative estimate of drug-likeness (QED) is 0.756. The van der Waals surface area contributed by atoms with Crippen LogP contribution in [0.15, 0.2) is 24.5 Å². The Kier molecular flexibility index (Phi) is 5.85. The number of ether oxygens (including phenoxy) is 1. The van der Waals surface area contributed by atoms with Gasteiger partial charge in [0, 0.05) is 6.20 Å². The Morgan fingerprint density at radius 1 is 1.36 bits per heavy atom. The first kappa shape index (κ1) is 17.4. The first-order valence-electron chi connectivity index (χ1n) is 6.59. The van der Waals surface area contributed by atoms with E-state index in [1.165, 1.54) is 12.4 Å². The monoisotopic (exact) mass is 309 g/mol. The van der Waals surface area contributed by atoms with E-state index in [0.717, 1.165) is 0 Å². The molecule has 120 valence electrons. The number of carbonyl (C=O) groups excluding carboxylic acids is 2. The maximum atomic E-state index is 12.1. The number of aromatic nitrogens is 1. The number of rotatable bonds is 5.